The summed E-state index contributed by atoms with van der Waals surface area (Å²) in [6, 6.07) is 4.69. The summed E-state index contributed by atoms with van der Waals surface area (Å²) < 4.78 is 40.6. The number of carbonyl (C=O) groups excluding carboxylic acids is 1. The fourth-order valence-corrected chi connectivity index (χ4v) is 3.05. The molecule has 5 nitrogen and oxygen atoms in total. The second-order valence-corrected chi connectivity index (χ2v) is 6.08. The van der Waals surface area contributed by atoms with Gasteiger partial charge in [-0.3, -0.25) is 9.59 Å². The van der Waals surface area contributed by atoms with Crippen molar-refractivity contribution in [3.63, 3.8) is 0 Å². The molecule has 2 atom stereocenters. The van der Waals surface area contributed by atoms with Crippen LogP contribution in [0.2, 0.25) is 0 Å². The molecule has 1 aliphatic carbocycles. The average molecular weight is 345 g/mol. The molecular formula is C16H18F3NO4. The lowest BCUT2D eigenvalue weighted by atomic mass is 9.73. The van der Waals surface area contributed by atoms with E-state index in [0.29, 0.717) is 12.8 Å². The second kappa shape index (κ2) is 6.70. The highest BCUT2D eigenvalue weighted by atomic mass is 19.4. The molecule has 2 rings (SSSR count). The van der Waals surface area contributed by atoms with Crippen molar-refractivity contribution in [2.45, 2.75) is 44.5 Å². The summed E-state index contributed by atoms with van der Waals surface area (Å²) in [6.07, 6.45) is -2.37. The van der Waals surface area contributed by atoms with Crippen LogP contribution in [0.25, 0.3) is 0 Å². The summed E-state index contributed by atoms with van der Waals surface area (Å²) in [5, 5.41) is 12.0. The zero-order chi connectivity index (χ0) is 18.0. The molecular weight excluding hydrogens is 327 g/mol. The number of aliphatic carboxylic acids is 1. The van der Waals surface area contributed by atoms with Crippen LogP contribution in [-0.4, -0.2) is 28.9 Å². The number of halogens is 3. The van der Waals surface area contributed by atoms with E-state index >= 15 is 0 Å². The molecule has 1 aromatic rings. The minimum Gasteiger partial charge on any atom is -0.481 e. The molecule has 24 heavy (non-hydrogen) atoms. The lowest BCUT2D eigenvalue weighted by Gasteiger charge is -2.39. The number of ether oxygens (including phenoxy) is 1. The Labute approximate surface area is 136 Å². The number of benzene rings is 1. The van der Waals surface area contributed by atoms with Crippen LogP contribution in [0, 0.1) is 5.92 Å². The fourth-order valence-electron chi connectivity index (χ4n) is 3.05. The van der Waals surface area contributed by atoms with Gasteiger partial charge in [0.05, 0.1) is 11.5 Å². The third-order valence-electron chi connectivity index (χ3n) is 4.23. The van der Waals surface area contributed by atoms with Gasteiger partial charge in [-0.2, -0.15) is 0 Å². The molecule has 8 heteroatoms. The Morgan fingerprint density at radius 2 is 2.04 bits per heavy atom. The number of hydrogen-bond donors (Lipinski definition) is 2. The van der Waals surface area contributed by atoms with Crippen molar-refractivity contribution >= 4 is 11.9 Å². The number of amides is 1. The first-order chi connectivity index (χ1) is 11.1. The summed E-state index contributed by atoms with van der Waals surface area (Å²) in [7, 11) is 0. The number of carbonyl (C=O) groups is 2. The molecule has 2 unspecified atom stereocenters. The molecule has 0 spiro atoms. The maximum atomic E-state index is 12.4. The van der Waals surface area contributed by atoms with E-state index < -0.39 is 35.4 Å². The summed E-state index contributed by atoms with van der Waals surface area (Å²) >= 11 is 0. The van der Waals surface area contributed by atoms with E-state index in [1.54, 1.807) is 6.92 Å². The highest BCUT2D eigenvalue weighted by Crippen LogP contribution is 2.34. The summed E-state index contributed by atoms with van der Waals surface area (Å²) in [5.74, 6) is -2.85. The largest absolute Gasteiger partial charge is 0.573 e. The summed E-state index contributed by atoms with van der Waals surface area (Å²) in [4.78, 5) is 23.8. The molecule has 1 fully saturated rings. The zero-order valence-electron chi connectivity index (χ0n) is 13.0. The van der Waals surface area contributed by atoms with Gasteiger partial charge >= 0.3 is 12.3 Å². The van der Waals surface area contributed by atoms with Gasteiger partial charge in [0.1, 0.15) is 5.75 Å². The predicted octanol–water partition coefficient (Wildman–Crippen LogP) is 3.35. The molecule has 1 aliphatic rings. The first kappa shape index (κ1) is 18.1. The van der Waals surface area contributed by atoms with Gasteiger partial charge in [0.2, 0.25) is 0 Å². The Balaban J connectivity index is 2.16. The van der Waals surface area contributed by atoms with E-state index in [-0.39, 0.29) is 5.56 Å². The molecule has 0 saturated heterocycles. The van der Waals surface area contributed by atoms with Gasteiger partial charge in [-0.15, -0.1) is 13.2 Å². The Morgan fingerprint density at radius 3 is 2.67 bits per heavy atom. The zero-order valence-corrected chi connectivity index (χ0v) is 13.0. The topological polar surface area (TPSA) is 75.6 Å². The van der Waals surface area contributed by atoms with Gasteiger partial charge in [0, 0.05) is 5.56 Å². The third-order valence-corrected chi connectivity index (χ3v) is 4.23. The number of carboxylic acid groups (broad SMARTS) is 1. The monoisotopic (exact) mass is 345 g/mol. The fraction of sp³-hybridized carbons (Fsp3) is 0.500. The number of hydrogen-bond acceptors (Lipinski definition) is 3. The van der Waals surface area contributed by atoms with Gasteiger partial charge in [-0.05, 0) is 38.0 Å². The van der Waals surface area contributed by atoms with Gasteiger partial charge in [-0.25, -0.2) is 0 Å². The molecule has 2 N–H and O–H groups in total. The van der Waals surface area contributed by atoms with Crippen LogP contribution in [0.5, 0.6) is 5.75 Å². The van der Waals surface area contributed by atoms with Crippen molar-refractivity contribution in [1.82, 2.24) is 5.32 Å². The molecule has 1 saturated carbocycles. The van der Waals surface area contributed by atoms with Gasteiger partial charge in [0.15, 0.2) is 0 Å². The van der Waals surface area contributed by atoms with Crippen LogP contribution >= 0.6 is 0 Å². The van der Waals surface area contributed by atoms with Crippen LogP contribution in [-0.2, 0) is 4.79 Å². The first-order valence-electron chi connectivity index (χ1n) is 7.52. The minimum atomic E-state index is -4.85. The van der Waals surface area contributed by atoms with E-state index in [2.05, 4.69) is 10.1 Å². The molecule has 0 bridgehead atoms. The molecule has 0 aromatic heterocycles. The first-order valence-corrected chi connectivity index (χ1v) is 7.52. The van der Waals surface area contributed by atoms with Gasteiger partial charge in [-0.1, -0.05) is 18.9 Å². The molecule has 1 amide bonds. The predicted molar refractivity (Wildman–Crippen MR) is 78.6 cm³/mol. The highest BCUT2D eigenvalue weighted by Gasteiger charge is 2.42. The Kier molecular flexibility index (Phi) is 5.05. The standard InChI is InChI=1S/C16H18F3NO4/c1-15(8-3-2-7-12(15)14(22)23)20-13(21)10-5-4-6-11(9-10)24-16(17,18)19/h4-6,9,12H,2-3,7-8H2,1H3,(H,20,21)(H,22,23). The van der Waals surface area contributed by atoms with Crippen molar-refractivity contribution in [2.75, 3.05) is 0 Å². The summed E-state index contributed by atoms with van der Waals surface area (Å²) in [6.45, 7) is 1.65. The number of carboxylic acids is 1. The highest BCUT2D eigenvalue weighted by molar-refractivity contribution is 5.95. The molecule has 0 heterocycles. The van der Waals surface area contributed by atoms with E-state index in [4.69, 9.17) is 0 Å². The van der Waals surface area contributed by atoms with E-state index in [1.807, 2.05) is 0 Å². The Bertz CT molecular complexity index is 632. The van der Waals surface area contributed by atoms with E-state index in [9.17, 15) is 27.9 Å². The normalized spacial score (nSPS) is 24.2. The molecule has 0 aliphatic heterocycles. The maximum absolute atomic E-state index is 12.4. The lowest BCUT2D eigenvalue weighted by molar-refractivity contribution is -0.274. The molecule has 1 aromatic carbocycles. The van der Waals surface area contributed by atoms with Crippen molar-refractivity contribution in [2.24, 2.45) is 5.92 Å². The van der Waals surface area contributed by atoms with Crippen LogP contribution in [0.3, 0.4) is 0 Å². The molecule has 0 radical (unpaired) electrons. The third kappa shape index (κ3) is 4.39. The minimum absolute atomic E-state index is 0.0207. The Morgan fingerprint density at radius 1 is 1.33 bits per heavy atom. The van der Waals surface area contributed by atoms with Crippen molar-refractivity contribution in [3.8, 4) is 5.75 Å². The number of rotatable bonds is 4. The van der Waals surface area contributed by atoms with Gasteiger partial charge in [0.25, 0.3) is 5.91 Å². The van der Waals surface area contributed by atoms with Crippen LogP contribution in [0.15, 0.2) is 24.3 Å². The number of nitrogens with one attached hydrogen (secondary N) is 1. The Hall–Kier alpha value is -2.25. The van der Waals surface area contributed by atoms with Crippen molar-refractivity contribution < 1.29 is 32.6 Å². The van der Waals surface area contributed by atoms with Crippen LogP contribution in [0.1, 0.15) is 43.0 Å². The van der Waals surface area contributed by atoms with Crippen molar-refractivity contribution in [1.29, 1.82) is 0 Å². The quantitative estimate of drug-likeness (QED) is 0.877. The van der Waals surface area contributed by atoms with E-state index in [0.717, 1.165) is 25.0 Å². The second-order valence-electron chi connectivity index (χ2n) is 6.08. The summed E-state index contributed by atoms with van der Waals surface area (Å²) in [5.41, 5.74) is -0.963. The van der Waals surface area contributed by atoms with Crippen LogP contribution < -0.4 is 10.1 Å². The van der Waals surface area contributed by atoms with Crippen LogP contribution in [0.4, 0.5) is 13.2 Å². The average Bonchev–Trinajstić information content (AvgIpc) is 2.45. The SMILES string of the molecule is CC1(NC(=O)c2cccc(OC(F)(F)F)c2)CCCCC1C(=O)O. The maximum Gasteiger partial charge on any atom is 0.573 e. The van der Waals surface area contributed by atoms with Crippen molar-refractivity contribution in [3.05, 3.63) is 29.8 Å². The smallest absolute Gasteiger partial charge is 0.481 e. The van der Waals surface area contributed by atoms with Gasteiger partial charge < -0.3 is 15.2 Å². The van der Waals surface area contributed by atoms with E-state index in [1.165, 1.54) is 12.1 Å². The number of alkyl halides is 3. The molecule has 132 valence electrons. The lowest BCUT2D eigenvalue weighted by Crippen LogP contribution is -2.55.